The fourth-order valence-corrected chi connectivity index (χ4v) is 2.95. The van der Waals surface area contributed by atoms with Gasteiger partial charge in [-0.1, -0.05) is 11.6 Å². The number of hydrogen-bond acceptors (Lipinski definition) is 3. The molecular weight excluding hydrogens is 268 g/mol. The lowest BCUT2D eigenvalue weighted by molar-refractivity contribution is -0.127. The van der Waals surface area contributed by atoms with E-state index in [-0.39, 0.29) is 5.91 Å². The van der Waals surface area contributed by atoms with Crippen molar-refractivity contribution in [3.63, 3.8) is 0 Å². The number of rotatable bonds is 4. The summed E-state index contributed by atoms with van der Waals surface area (Å²) in [7, 11) is 0. The number of nitrogens with zero attached hydrogens (tertiary/aromatic N) is 1. The van der Waals surface area contributed by atoms with Gasteiger partial charge >= 0.3 is 0 Å². The molecule has 2 rings (SSSR count). The third-order valence-corrected chi connectivity index (χ3v) is 4.40. The second-order valence-electron chi connectivity index (χ2n) is 4.47. The van der Waals surface area contributed by atoms with E-state index >= 15 is 0 Å². The predicted octanol–water partition coefficient (Wildman–Crippen LogP) is 2.24. The van der Waals surface area contributed by atoms with Crippen LogP contribution in [0.25, 0.3) is 0 Å². The Bertz CT molecular complexity index is 410. The van der Waals surface area contributed by atoms with E-state index in [0.29, 0.717) is 18.2 Å². The fourth-order valence-electron chi connectivity index (χ4n) is 2.02. The van der Waals surface area contributed by atoms with E-state index in [4.69, 9.17) is 17.3 Å². The van der Waals surface area contributed by atoms with E-state index < -0.39 is 0 Å². The summed E-state index contributed by atoms with van der Waals surface area (Å²) in [5.41, 5.74) is 5.62. The molecule has 3 nitrogen and oxygen atoms in total. The maximum atomic E-state index is 12.0. The van der Waals surface area contributed by atoms with Crippen molar-refractivity contribution in [3.8, 4) is 0 Å². The number of hydrogen-bond donors (Lipinski definition) is 1. The van der Waals surface area contributed by atoms with Crippen molar-refractivity contribution < 1.29 is 4.79 Å². The van der Waals surface area contributed by atoms with Crippen LogP contribution in [0.4, 0.5) is 0 Å². The van der Waals surface area contributed by atoms with Crippen LogP contribution in [0.2, 0.25) is 5.02 Å². The fraction of sp³-hybridized carbons (Fsp3) is 0.462. The first kappa shape index (κ1) is 13.7. The molecule has 0 aromatic heterocycles. The Labute approximate surface area is 117 Å². The van der Waals surface area contributed by atoms with Crippen LogP contribution in [0.1, 0.15) is 6.42 Å². The van der Waals surface area contributed by atoms with Crippen molar-refractivity contribution in [1.82, 2.24) is 4.90 Å². The molecule has 98 valence electrons. The van der Waals surface area contributed by atoms with Gasteiger partial charge in [0.05, 0.1) is 5.75 Å². The number of carbonyl (C=O) groups is 1. The predicted molar refractivity (Wildman–Crippen MR) is 75.9 cm³/mol. The van der Waals surface area contributed by atoms with Crippen molar-refractivity contribution in [2.45, 2.75) is 11.3 Å². The number of nitrogens with two attached hydrogens (primary N) is 1. The van der Waals surface area contributed by atoms with Crippen molar-refractivity contribution in [2.75, 3.05) is 25.4 Å². The average Bonchev–Trinajstić information content (AvgIpc) is 2.86. The average molecular weight is 285 g/mol. The molecule has 1 unspecified atom stereocenters. The largest absolute Gasteiger partial charge is 0.342 e. The van der Waals surface area contributed by atoms with Crippen LogP contribution in [-0.2, 0) is 4.79 Å². The van der Waals surface area contributed by atoms with Gasteiger partial charge in [0.1, 0.15) is 0 Å². The van der Waals surface area contributed by atoms with Crippen LogP contribution in [0.5, 0.6) is 0 Å². The smallest absolute Gasteiger partial charge is 0.232 e. The second-order valence-corrected chi connectivity index (χ2v) is 5.96. The lowest BCUT2D eigenvalue weighted by atomic mass is 10.1. The van der Waals surface area contributed by atoms with Gasteiger partial charge in [-0.3, -0.25) is 4.79 Å². The highest BCUT2D eigenvalue weighted by atomic mass is 35.5. The molecule has 2 N–H and O–H groups in total. The van der Waals surface area contributed by atoms with Crippen molar-refractivity contribution in [3.05, 3.63) is 29.3 Å². The Hall–Kier alpha value is -0.710. The Morgan fingerprint density at radius 3 is 2.78 bits per heavy atom. The van der Waals surface area contributed by atoms with Crippen LogP contribution >= 0.6 is 23.4 Å². The SMILES string of the molecule is NCC1CCN(C(=O)CSc2ccc(Cl)cc2)C1. The molecule has 0 aliphatic carbocycles. The Kier molecular flexibility index (Phi) is 4.92. The summed E-state index contributed by atoms with van der Waals surface area (Å²) in [6.07, 6.45) is 1.04. The van der Waals surface area contributed by atoms with Gasteiger partial charge in [-0.2, -0.15) is 0 Å². The number of carbonyl (C=O) groups excluding carboxylic acids is 1. The zero-order valence-corrected chi connectivity index (χ0v) is 11.7. The molecule has 1 aliphatic rings. The molecule has 1 aromatic carbocycles. The minimum Gasteiger partial charge on any atom is -0.342 e. The Morgan fingerprint density at radius 2 is 2.17 bits per heavy atom. The molecule has 18 heavy (non-hydrogen) atoms. The lowest BCUT2D eigenvalue weighted by Gasteiger charge is -2.15. The first-order valence-electron chi connectivity index (χ1n) is 6.05. The first-order chi connectivity index (χ1) is 8.69. The standard InChI is InChI=1S/C13H17ClN2OS/c14-11-1-3-12(4-2-11)18-9-13(17)16-6-5-10(7-15)8-16/h1-4,10H,5-9,15H2. The summed E-state index contributed by atoms with van der Waals surface area (Å²) in [5, 5.41) is 0.719. The van der Waals surface area contributed by atoms with E-state index in [2.05, 4.69) is 0 Å². The molecule has 1 aliphatic heterocycles. The molecule has 0 saturated carbocycles. The Morgan fingerprint density at radius 1 is 1.44 bits per heavy atom. The van der Waals surface area contributed by atoms with Crippen LogP contribution in [0.15, 0.2) is 29.2 Å². The third-order valence-electron chi connectivity index (χ3n) is 3.15. The highest BCUT2D eigenvalue weighted by molar-refractivity contribution is 8.00. The number of halogens is 1. The van der Waals surface area contributed by atoms with E-state index in [1.54, 1.807) is 11.8 Å². The zero-order chi connectivity index (χ0) is 13.0. The zero-order valence-electron chi connectivity index (χ0n) is 10.1. The topological polar surface area (TPSA) is 46.3 Å². The summed E-state index contributed by atoms with van der Waals surface area (Å²) >= 11 is 7.37. The molecule has 0 bridgehead atoms. The monoisotopic (exact) mass is 284 g/mol. The van der Waals surface area contributed by atoms with Gasteiger partial charge in [0.25, 0.3) is 0 Å². The lowest BCUT2D eigenvalue weighted by Crippen LogP contribution is -2.31. The molecule has 1 aromatic rings. The quantitative estimate of drug-likeness (QED) is 0.863. The highest BCUT2D eigenvalue weighted by Gasteiger charge is 2.24. The van der Waals surface area contributed by atoms with Gasteiger partial charge in [-0.05, 0) is 43.1 Å². The van der Waals surface area contributed by atoms with Gasteiger partial charge in [-0.15, -0.1) is 11.8 Å². The van der Waals surface area contributed by atoms with Gasteiger partial charge in [-0.25, -0.2) is 0 Å². The van der Waals surface area contributed by atoms with Crippen LogP contribution in [0, 0.1) is 5.92 Å². The highest BCUT2D eigenvalue weighted by Crippen LogP contribution is 2.22. The third kappa shape index (κ3) is 3.64. The number of thioether (sulfide) groups is 1. The van der Waals surface area contributed by atoms with Gasteiger partial charge in [0.2, 0.25) is 5.91 Å². The van der Waals surface area contributed by atoms with E-state index in [1.165, 1.54) is 0 Å². The molecule has 5 heteroatoms. The summed E-state index contributed by atoms with van der Waals surface area (Å²) in [5.74, 6) is 1.17. The van der Waals surface area contributed by atoms with Gasteiger partial charge in [0.15, 0.2) is 0 Å². The van der Waals surface area contributed by atoms with Crippen molar-refractivity contribution in [2.24, 2.45) is 11.7 Å². The maximum absolute atomic E-state index is 12.0. The number of benzene rings is 1. The number of amides is 1. The van der Waals surface area contributed by atoms with E-state index in [9.17, 15) is 4.79 Å². The Balaban J connectivity index is 1.80. The molecule has 1 fully saturated rings. The molecular formula is C13H17ClN2OS. The van der Waals surface area contributed by atoms with E-state index in [0.717, 1.165) is 29.4 Å². The molecule has 1 amide bonds. The summed E-state index contributed by atoms with van der Waals surface area (Å²) in [6.45, 7) is 2.34. The first-order valence-corrected chi connectivity index (χ1v) is 7.41. The van der Waals surface area contributed by atoms with E-state index in [1.807, 2.05) is 29.2 Å². The van der Waals surface area contributed by atoms with Gasteiger partial charge in [0, 0.05) is 23.0 Å². The minimum absolute atomic E-state index is 0.200. The second kappa shape index (κ2) is 6.45. The number of likely N-dealkylation sites (tertiary alicyclic amines) is 1. The summed E-state index contributed by atoms with van der Waals surface area (Å²) in [4.78, 5) is 15.0. The summed E-state index contributed by atoms with van der Waals surface area (Å²) in [6, 6.07) is 7.56. The summed E-state index contributed by atoms with van der Waals surface area (Å²) < 4.78 is 0. The van der Waals surface area contributed by atoms with Crippen LogP contribution in [-0.4, -0.2) is 36.2 Å². The van der Waals surface area contributed by atoms with Crippen molar-refractivity contribution >= 4 is 29.3 Å². The minimum atomic E-state index is 0.200. The van der Waals surface area contributed by atoms with Crippen molar-refractivity contribution in [1.29, 1.82) is 0 Å². The molecule has 1 saturated heterocycles. The molecule has 0 spiro atoms. The molecule has 1 atom stereocenters. The maximum Gasteiger partial charge on any atom is 0.232 e. The van der Waals surface area contributed by atoms with Gasteiger partial charge < -0.3 is 10.6 Å². The van der Waals surface area contributed by atoms with Crippen LogP contribution < -0.4 is 5.73 Å². The molecule has 0 radical (unpaired) electrons. The normalized spacial score (nSPS) is 19.2. The van der Waals surface area contributed by atoms with Crippen LogP contribution in [0.3, 0.4) is 0 Å². The molecule has 1 heterocycles.